The molecule has 3 fully saturated rings. The normalized spacial score (nSPS) is 33.5. The van der Waals surface area contributed by atoms with Gasteiger partial charge in [0.05, 0.1) is 17.4 Å². The summed E-state index contributed by atoms with van der Waals surface area (Å²) < 4.78 is 6.58. The number of nitrogens with one attached hydrogen (secondary N) is 2. The molecular weight excluding hydrogens is 398 g/mol. The van der Waals surface area contributed by atoms with Crippen LogP contribution in [0.3, 0.4) is 0 Å². The van der Waals surface area contributed by atoms with Gasteiger partial charge < -0.3 is 25.4 Å². The molecule has 0 aromatic heterocycles. The van der Waals surface area contributed by atoms with Gasteiger partial charge in [0, 0.05) is 26.7 Å². The van der Waals surface area contributed by atoms with Crippen LogP contribution < -0.4 is 10.6 Å². The van der Waals surface area contributed by atoms with Crippen molar-refractivity contribution in [3.63, 3.8) is 0 Å². The fourth-order valence-corrected chi connectivity index (χ4v) is 5.94. The molecule has 3 aliphatic rings. The minimum atomic E-state index is -1.01. The lowest BCUT2D eigenvalue weighted by Gasteiger charge is -2.33. The van der Waals surface area contributed by atoms with Gasteiger partial charge in [-0.1, -0.05) is 37.3 Å². The molecule has 5 atom stereocenters. The number of rotatable bonds is 8. The molecule has 1 aromatic rings. The van der Waals surface area contributed by atoms with Gasteiger partial charge in [0.1, 0.15) is 11.6 Å². The van der Waals surface area contributed by atoms with Crippen molar-refractivity contribution in [2.24, 2.45) is 11.8 Å². The van der Waals surface area contributed by atoms with E-state index in [1.165, 1.54) is 4.90 Å². The first-order chi connectivity index (χ1) is 14.9. The Morgan fingerprint density at radius 2 is 1.97 bits per heavy atom. The zero-order valence-electron chi connectivity index (χ0n) is 18.1. The molecule has 0 radical (unpaired) electrons. The summed E-state index contributed by atoms with van der Waals surface area (Å²) in [5.41, 5.74) is -0.775. The maximum Gasteiger partial charge on any atom is 0.246 e. The van der Waals surface area contributed by atoms with Crippen LogP contribution in [0.15, 0.2) is 30.3 Å². The molecule has 8 nitrogen and oxygen atoms in total. The lowest BCUT2D eigenvalue weighted by Crippen LogP contribution is -2.55. The first kappa shape index (κ1) is 21.8. The van der Waals surface area contributed by atoms with Crippen LogP contribution in [0, 0.1) is 11.8 Å². The average Bonchev–Trinajstić information content (AvgIpc) is 3.40. The maximum absolute atomic E-state index is 13.6. The van der Waals surface area contributed by atoms with Crippen molar-refractivity contribution in [1.29, 1.82) is 0 Å². The van der Waals surface area contributed by atoms with Gasteiger partial charge >= 0.3 is 0 Å². The van der Waals surface area contributed by atoms with Gasteiger partial charge in [-0.25, -0.2) is 0 Å². The number of hydrogen-bond acceptors (Lipinski definition) is 5. The number of aliphatic hydroxyl groups excluding tert-OH is 1. The summed E-state index contributed by atoms with van der Waals surface area (Å²) in [5.74, 6) is -2.02. The third kappa shape index (κ3) is 3.24. The molecule has 4 rings (SSSR count). The molecule has 2 unspecified atom stereocenters. The second kappa shape index (κ2) is 8.24. The topological polar surface area (TPSA) is 108 Å². The van der Waals surface area contributed by atoms with Crippen LogP contribution in [-0.2, 0) is 25.7 Å². The van der Waals surface area contributed by atoms with Crippen molar-refractivity contribution in [3.05, 3.63) is 35.9 Å². The smallest absolute Gasteiger partial charge is 0.246 e. The number of benzene rings is 1. The molecule has 3 saturated heterocycles. The third-order valence-corrected chi connectivity index (χ3v) is 7.32. The quantitative estimate of drug-likeness (QED) is 0.561. The number of nitrogens with zero attached hydrogens (tertiary/aromatic N) is 1. The SMILES string of the molecule is CC[C@@]12CCC3(O1)C(C(=O)NCc1ccccc1)N(CCCO)C(=O)[C@@H]3[C@@H]2C(=O)NC. The number of amides is 3. The molecular formula is C23H31N3O5. The second-order valence-corrected chi connectivity index (χ2v) is 8.76. The van der Waals surface area contributed by atoms with Crippen LogP contribution in [0.25, 0.3) is 0 Å². The lowest BCUT2D eigenvalue weighted by atomic mass is 9.65. The highest BCUT2D eigenvalue weighted by Crippen LogP contribution is 2.64. The van der Waals surface area contributed by atoms with Crippen LogP contribution in [0.5, 0.6) is 0 Å². The Labute approximate surface area is 182 Å². The van der Waals surface area contributed by atoms with Crippen molar-refractivity contribution in [3.8, 4) is 0 Å². The summed E-state index contributed by atoms with van der Waals surface area (Å²) in [7, 11) is 1.57. The summed E-state index contributed by atoms with van der Waals surface area (Å²) in [5, 5.41) is 15.0. The van der Waals surface area contributed by atoms with E-state index in [2.05, 4.69) is 10.6 Å². The summed E-state index contributed by atoms with van der Waals surface area (Å²) >= 11 is 0. The highest BCUT2D eigenvalue weighted by atomic mass is 16.5. The second-order valence-electron chi connectivity index (χ2n) is 8.76. The zero-order valence-corrected chi connectivity index (χ0v) is 18.1. The van der Waals surface area contributed by atoms with Gasteiger partial charge in [-0.2, -0.15) is 0 Å². The van der Waals surface area contributed by atoms with Crippen molar-refractivity contribution >= 4 is 17.7 Å². The van der Waals surface area contributed by atoms with E-state index in [4.69, 9.17) is 4.74 Å². The molecule has 1 spiro atoms. The molecule has 1 aromatic carbocycles. The van der Waals surface area contributed by atoms with E-state index in [0.717, 1.165) is 5.56 Å². The van der Waals surface area contributed by atoms with Gasteiger partial charge in [0.2, 0.25) is 17.7 Å². The van der Waals surface area contributed by atoms with E-state index >= 15 is 0 Å². The molecule has 0 aliphatic carbocycles. The van der Waals surface area contributed by atoms with E-state index in [9.17, 15) is 19.5 Å². The van der Waals surface area contributed by atoms with Crippen LogP contribution in [0.2, 0.25) is 0 Å². The fourth-order valence-electron chi connectivity index (χ4n) is 5.94. The predicted octanol–water partition coefficient (Wildman–Crippen LogP) is 0.586. The summed E-state index contributed by atoms with van der Waals surface area (Å²) in [6.07, 6.45) is 2.16. The van der Waals surface area contributed by atoms with Crippen LogP contribution >= 0.6 is 0 Å². The number of hydrogen-bond donors (Lipinski definition) is 3. The van der Waals surface area contributed by atoms with Crippen molar-refractivity contribution < 1.29 is 24.2 Å². The van der Waals surface area contributed by atoms with E-state index < -0.39 is 29.1 Å². The predicted molar refractivity (Wildman–Crippen MR) is 113 cm³/mol. The Kier molecular flexibility index (Phi) is 5.79. The van der Waals surface area contributed by atoms with Gasteiger partial charge in [0.15, 0.2) is 0 Å². The summed E-state index contributed by atoms with van der Waals surface area (Å²) in [4.78, 5) is 41.4. The van der Waals surface area contributed by atoms with Gasteiger partial charge in [0.25, 0.3) is 0 Å². The summed E-state index contributed by atoms with van der Waals surface area (Å²) in [6, 6.07) is 8.76. The third-order valence-electron chi connectivity index (χ3n) is 7.32. The number of likely N-dealkylation sites (tertiary alicyclic amines) is 1. The molecule has 3 N–H and O–H groups in total. The van der Waals surface area contributed by atoms with E-state index in [1.807, 2.05) is 37.3 Å². The largest absolute Gasteiger partial charge is 0.396 e. The summed E-state index contributed by atoms with van der Waals surface area (Å²) in [6.45, 7) is 2.48. The molecule has 3 heterocycles. The maximum atomic E-state index is 13.6. The first-order valence-corrected chi connectivity index (χ1v) is 11.1. The van der Waals surface area contributed by atoms with Gasteiger partial charge in [-0.15, -0.1) is 0 Å². The molecule has 168 valence electrons. The standard InChI is InChI=1S/C23H31N3O5/c1-3-22-10-11-23(31-22)17(16(22)19(28)24-2)21(30)26(12-7-13-27)18(23)20(29)25-14-15-8-5-4-6-9-15/h4-6,8-9,16-18,27H,3,7,10-14H2,1-2H3,(H,24,28)(H,25,29)/t16-,17+,18?,22+,23?/m1/s1. The Morgan fingerprint density at radius 1 is 1.23 bits per heavy atom. The number of fused-ring (bicyclic) bond motifs is 1. The van der Waals surface area contributed by atoms with Crippen molar-refractivity contribution in [1.82, 2.24) is 15.5 Å². The Morgan fingerprint density at radius 3 is 2.61 bits per heavy atom. The Hall–Kier alpha value is -2.45. The van der Waals surface area contributed by atoms with E-state index in [0.29, 0.717) is 32.2 Å². The van der Waals surface area contributed by atoms with Gasteiger partial charge in [-0.05, 0) is 31.2 Å². The molecule has 31 heavy (non-hydrogen) atoms. The van der Waals surface area contributed by atoms with Crippen LogP contribution in [0.1, 0.15) is 38.2 Å². The number of carbonyl (C=O) groups excluding carboxylic acids is 3. The highest BCUT2D eigenvalue weighted by molar-refractivity contribution is 5.99. The molecule has 8 heteroatoms. The molecule has 2 bridgehead atoms. The Balaban J connectivity index is 1.68. The Bertz CT molecular complexity index is 862. The van der Waals surface area contributed by atoms with E-state index in [-0.39, 0.29) is 30.9 Å². The van der Waals surface area contributed by atoms with Crippen LogP contribution in [0.4, 0.5) is 0 Å². The first-order valence-electron chi connectivity index (χ1n) is 11.1. The minimum absolute atomic E-state index is 0.0849. The highest BCUT2D eigenvalue weighted by Gasteiger charge is 2.78. The van der Waals surface area contributed by atoms with Crippen molar-refractivity contribution in [2.45, 2.75) is 56.4 Å². The van der Waals surface area contributed by atoms with Crippen molar-refractivity contribution in [2.75, 3.05) is 20.2 Å². The average molecular weight is 430 g/mol. The number of aliphatic hydroxyl groups is 1. The molecule has 0 saturated carbocycles. The number of carbonyl (C=O) groups is 3. The van der Waals surface area contributed by atoms with Gasteiger partial charge in [-0.3, -0.25) is 14.4 Å². The lowest BCUT2D eigenvalue weighted by molar-refractivity contribution is -0.147. The fraction of sp³-hybridized carbons (Fsp3) is 0.609. The molecule has 3 amide bonds. The zero-order chi connectivity index (χ0) is 22.2. The van der Waals surface area contributed by atoms with E-state index in [1.54, 1.807) is 7.05 Å². The number of ether oxygens (including phenoxy) is 1. The monoisotopic (exact) mass is 429 g/mol. The molecule has 3 aliphatic heterocycles. The van der Waals surface area contributed by atoms with Crippen LogP contribution in [-0.4, -0.2) is 65.2 Å². The minimum Gasteiger partial charge on any atom is -0.396 e.